The van der Waals surface area contributed by atoms with Gasteiger partial charge in [0, 0.05) is 13.1 Å². The van der Waals surface area contributed by atoms with Gasteiger partial charge in [0.05, 0.1) is 0 Å². The summed E-state index contributed by atoms with van der Waals surface area (Å²) in [7, 11) is 0. The minimum atomic E-state index is -0.804. The van der Waals surface area contributed by atoms with E-state index in [9.17, 15) is 30.0 Å². The van der Waals surface area contributed by atoms with Gasteiger partial charge in [0.15, 0.2) is 23.0 Å². The van der Waals surface area contributed by atoms with Gasteiger partial charge < -0.3 is 29.9 Å². The maximum Gasteiger partial charge on any atom is 0.320 e. The summed E-state index contributed by atoms with van der Waals surface area (Å²) in [4.78, 5) is 27.3. The molecule has 6 rings (SSSR count). The Labute approximate surface area is 304 Å². The summed E-state index contributed by atoms with van der Waals surface area (Å²) in [5.41, 5.74) is 7.84. The molecule has 0 bridgehead atoms. The second-order valence-electron chi connectivity index (χ2n) is 14.0. The van der Waals surface area contributed by atoms with Crippen molar-refractivity contribution in [2.45, 2.75) is 90.8 Å². The van der Waals surface area contributed by atoms with Crippen molar-refractivity contribution in [1.29, 1.82) is 0 Å². The van der Waals surface area contributed by atoms with Crippen molar-refractivity contribution in [2.75, 3.05) is 13.1 Å². The van der Waals surface area contributed by atoms with E-state index in [1.165, 1.54) is 0 Å². The van der Waals surface area contributed by atoms with Crippen LogP contribution in [0.4, 0.5) is 0 Å². The molecule has 2 saturated heterocycles. The number of hydrogen-bond donors (Lipinski definition) is 4. The smallest absolute Gasteiger partial charge is 0.320 e. The highest BCUT2D eigenvalue weighted by atomic mass is 16.5. The van der Waals surface area contributed by atoms with Crippen LogP contribution in [0.2, 0.25) is 0 Å². The number of carboxylic acids is 2. The first kappa shape index (κ1) is 36.7. The zero-order valence-corrected chi connectivity index (χ0v) is 29.9. The molecule has 4 N–H and O–H groups in total. The molecule has 0 unspecified atom stereocenters. The maximum absolute atomic E-state index is 11.7. The van der Waals surface area contributed by atoms with Crippen LogP contribution < -0.4 is 9.47 Å². The number of phenols is 2. The van der Waals surface area contributed by atoms with Gasteiger partial charge in [-0.25, -0.2) is 0 Å². The number of aliphatic carboxylic acids is 2. The van der Waals surface area contributed by atoms with Crippen molar-refractivity contribution in [3.05, 3.63) is 106 Å². The van der Waals surface area contributed by atoms with Crippen molar-refractivity contribution in [2.24, 2.45) is 0 Å². The fourth-order valence-corrected chi connectivity index (χ4v) is 7.53. The fourth-order valence-electron chi connectivity index (χ4n) is 7.53. The first-order valence-electron chi connectivity index (χ1n) is 18.1. The SMILES string of the molecule is Cc1c(COc2ccc(CN3CCCC[C@H]3C(=O)O)cc2O)cccc1-c1cccc(COc2ccc(CN3CCCC[C@H]3C(=O)O)cc2O)c1C. The summed E-state index contributed by atoms with van der Waals surface area (Å²) in [6, 6.07) is 21.7. The molecule has 2 atom stereocenters. The second kappa shape index (κ2) is 16.5. The average Bonchev–Trinajstić information content (AvgIpc) is 3.12. The van der Waals surface area contributed by atoms with Gasteiger partial charge in [0.2, 0.25) is 0 Å². The number of hydrogen-bond acceptors (Lipinski definition) is 8. The molecule has 0 aromatic heterocycles. The van der Waals surface area contributed by atoms with Crippen LogP contribution >= 0.6 is 0 Å². The van der Waals surface area contributed by atoms with Gasteiger partial charge in [-0.3, -0.25) is 19.4 Å². The third kappa shape index (κ3) is 8.52. The number of benzene rings is 4. The molecule has 10 nitrogen and oxygen atoms in total. The number of nitrogens with zero attached hydrogens (tertiary/aromatic N) is 2. The molecule has 4 aromatic carbocycles. The topological polar surface area (TPSA) is 140 Å². The minimum Gasteiger partial charge on any atom is -0.504 e. The Morgan fingerprint density at radius 2 is 1.06 bits per heavy atom. The summed E-state index contributed by atoms with van der Waals surface area (Å²) in [5, 5.41) is 40.8. The van der Waals surface area contributed by atoms with E-state index in [2.05, 4.69) is 26.0 Å². The van der Waals surface area contributed by atoms with E-state index in [0.29, 0.717) is 37.4 Å². The lowest BCUT2D eigenvalue weighted by atomic mass is 9.92. The average molecular weight is 709 g/mol. The number of likely N-dealkylation sites (tertiary alicyclic amines) is 2. The van der Waals surface area contributed by atoms with Crippen molar-refractivity contribution < 1.29 is 39.5 Å². The van der Waals surface area contributed by atoms with E-state index >= 15 is 0 Å². The van der Waals surface area contributed by atoms with E-state index in [1.807, 2.05) is 46.2 Å². The Morgan fingerprint density at radius 1 is 0.635 bits per heavy atom. The molecule has 52 heavy (non-hydrogen) atoms. The van der Waals surface area contributed by atoms with Crippen LogP contribution in [0.15, 0.2) is 72.8 Å². The van der Waals surface area contributed by atoms with Gasteiger partial charge in [-0.05, 0) is 121 Å². The summed E-state index contributed by atoms with van der Waals surface area (Å²) in [6.45, 7) is 6.97. The van der Waals surface area contributed by atoms with E-state index < -0.39 is 24.0 Å². The molecule has 2 aliphatic heterocycles. The Balaban J connectivity index is 1.09. The molecule has 0 amide bonds. The minimum absolute atomic E-state index is 0.0215. The summed E-state index contributed by atoms with van der Waals surface area (Å²) in [6.07, 6.45) is 5.02. The van der Waals surface area contributed by atoms with E-state index in [4.69, 9.17) is 9.47 Å². The van der Waals surface area contributed by atoms with Gasteiger partial charge in [-0.15, -0.1) is 0 Å². The lowest BCUT2D eigenvalue weighted by molar-refractivity contribution is -0.145. The fraction of sp³-hybridized carbons (Fsp3) is 0.381. The third-order valence-corrected chi connectivity index (χ3v) is 10.6. The predicted molar refractivity (Wildman–Crippen MR) is 198 cm³/mol. The highest BCUT2D eigenvalue weighted by Gasteiger charge is 2.29. The van der Waals surface area contributed by atoms with Gasteiger partial charge in [0.1, 0.15) is 25.3 Å². The Bertz CT molecular complexity index is 1770. The Kier molecular flexibility index (Phi) is 11.7. The summed E-state index contributed by atoms with van der Waals surface area (Å²) >= 11 is 0. The first-order chi connectivity index (χ1) is 25.1. The molecular formula is C42H48N2O8. The molecule has 0 aliphatic carbocycles. The molecule has 10 heteroatoms. The molecule has 274 valence electrons. The van der Waals surface area contributed by atoms with Crippen LogP contribution in [-0.2, 0) is 35.9 Å². The monoisotopic (exact) mass is 708 g/mol. The summed E-state index contributed by atoms with van der Waals surface area (Å²) < 4.78 is 12.2. The number of phenolic OH excluding ortho intramolecular Hbond substituents is 2. The molecule has 0 saturated carbocycles. The highest BCUT2D eigenvalue weighted by molar-refractivity contribution is 5.74. The van der Waals surface area contributed by atoms with Crippen LogP contribution in [0.25, 0.3) is 11.1 Å². The molecule has 2 fully saturated rings. The molecule has 0 radical (unpaired) electrons. The van der Waals surface area contributed by atoms with Crippen LogP contribution in [0.5, 0.6) is 23.0 Å². The van der Waals surface area contributed by atoms with Crippen molar-refractivity contribution in [1.82, 2.24) is 9.80 Å². The van der Waals surface area contributed by atoms with Crippen LogP contribution in [0.3, 0.4) is 0 Å². The van der Waals surface area contributed by atoms with E-state index in [0.717, 1.165) is 83.3 Å². The van der Waals surface area contributed by atoms with E-state index in [1.54, 1.807) is 24.3 Å². The maximum atomic E-state index is 11.7. The quantitative estimate of drug-likeness (QED) is 0.111. The van der Waals surface area contributed by atoms with Gasteiger partial charge >= 0.3 is 11.9 Å². The standard InChI is InChI=1S/C42H48N2O8/c1-27-31(25-51-39-17-15-29(21-37(39)45)23-43-19-5-3-13-35(43)41(47)48)9-7-11-33(27)34-12-8-10-32(28(34)2)26-52-40-18-16-30(22-38(40)46)24-44-20-6-4-14-36(44)42(49)50/h7-12,15-18,21-22,35-36,45-46H,3-6,13-14,19-20,23-26H2,1-2H3,(H,47,48)(H,49,50)/t35-,36-/m0/s1. The second-order valence-corrected chi connectivity index (χ2v) is 14.0. The lowest BCUT2D eigenvalue weighted by Gasteiger charge is -2.32. The molecule has 4 aromatic rings. The number of carbonyl (C=O) groups is 2. The number of ether oxygens (including phenoxy) is 2. The van der Waals surface area contributed by atoms with Crippen molar-refractivity contribution >= 4 is 11.9 Å². The number of carboxylic acid groups (broad SMARTS) is 2. The van der Waals surface area contributed by atoms with Gasteiger partial charge in [-0.1, -0.05) is 61.4 Å². The zero-order chi connectivity index (χ0) is 36.8. The normalized spacial score (nSPS) is 18.2. The van der Waals surface area contributed by atoms with Gasteiger partial charge in [0.25, 0.3) is 0 Å². The zero-order valence-electron chi connectivity index (χ0n) is 29.9. The van der Waals surface area contributed by atoms with E-state index in [-0.39, 0.29) is 24.7 Å². The number of piperidine rings is 2. The number of rotatable bonds is 13. The number of aromatic hydroxyl groups is 2. The Morgan fingerprint density at radius 3 is 1.44 bits per heavy atom. The highest BCUT2D eigenvalue weighted by Crippen LogP contribution is 2.34. The molecule has 2 aliphatic rings. The first-order valence-corrected chi connectivity index (χ1v) is 18.1. The third-order valence-electron chi connectivity index (χ3n) is 10.6. The van der Waals surface area contributed by atoms with Crippen LogP contribution in [-0.4, -0.2) is 67.3 Å². The summed E-state index contributed by atoms with van der Waals surface area (Å²) in [5.74, 6) is -0.834. The molecule has 2 heterocycles. The van der Waals surface area contributed by atoms with Crippen LogP contribution in [0, 0.1) is 13.8 Å². The predicted octanol–water partition coefficient (Wildman–Crippen LogP) is 7.42. The largest absolute Gasteiger partial charge is 0.504 e. The van der Waals surface area contributed by atoms with Crippen molar-refractivity contribution in [3.63, 3.8) is 0 Å². The lowest BCUT2D eigenvalue weighted by Crippen LogP contribution is -2.43. The Hall–Kier alpha value is -5.06. The van der Waals surface area contributed by atoms with Gasteiger partial charge in [-0.2, -0.15) is 0 Å². The van der Waals surface area contributed by atoms with Crippen LogP contribution in [0.1, 0.15) is 71.9 Å². The van der Waals surface area contributed by atoms with Crippen molar-refractivity contribution in [3.8, 4) is 34.1 Å². The molecule has 0 spiro atoms. The molecular weight excluding hydrogens is 660 g/mol.